The molecule has 0 unspecified atom stereocenters. The number of hydrogen-bond acceptors (Lipinski definition) is 5. The molecule has 0 aliphatic heterocycles. The van der Waals surface area contributed by atoms with Crippen molar-refractivity contribution in [3.05, 3.63) is 89.3 Å². The lowest BCUT2D eigenvalue weighted by Gasteiger charge is -2.08. The minimum Gasteiger partial charge on any atom is -0.292 e. The van der Waals surface area contributed by atoms with Crippen molar-refractivity contribution < 1.29 is 9.59 Å². The van der Waals surface area contributed by atoms with Crippen LogP contribution in [0.25, 0.3) is 0 Å². The minimum atomic E-state index is -0.0258. The molecule has 0 fully saturated rings. The fraction of sp³-hybridized carbons (Fsp3) is 0.261. The first-order valence-electron chi connectivity index (χ1n) is 9.47. The van der Waals surface area contributed by atoms with E-state index in [1.165, 1.54) is 0 Å². The van der Waals surface area contributed by atoms with Gasteiger partial charge in [0, 0.05) is 37.1 Å². The maximum atomic E-state index is 12.7. The van der Waals surface area contributed by atoms with Crippen LogP contribution in [0.15, 0.2) is 61.1 Å². The molecule has 3 aromatic rings. The Morgan fingerprint density at radius 2 is 1.43 bits per heavy atom. The molecule has 0 aromatic carbocycles. The highest BCUT2D eigenvalue weighted by atomic mass is 16.1. The second-order valence-corrected chi connectivity index (χ2v) is 6.70. The number of ketones is 2. The third-order valence-electron chi connectivity index (χ3n) is 4.61. The predicted octanol–water partition coefficient (Wildman–Crippen LogP) is 4.20. The van der Waals surface area contributed by atoms with Crippen LogP contribution in [0.1, 0.15) is 57.1 Å². The predicted molar refractivity (Wildman–Crippen MR) is 107 cm³/mol. The normalized spacial score (nSPS) is 10.6. The first-order chi connectivity index (χ1) is 13.6. The quantitative estimate of drug-likeness (QED) is 0.526. The summed E-state index contributed by atoms with van der Waals surface area (Å²) in [6.45, 7) is 1.87. The van der Waals surface area contributed by atoms with Crippen LogP contribution in [0, 0.1) is 6.92 Å². The Morgan fingerprint density at radius 3 is 2.14 bits per heavy atom. The van der Waals surface area contributed by atoms with Crippen LogP contribution >= 0.6 is 0 Å². The Balaban J connectivity index is 1.57. The van der Waals surface area contributed by atoms with E-state index in [4.69, 9.17) is 0 Å². The van der Waals surface area contributed by atoms with Crippen molar-refractivity contribution >= 4 is 11.6 Å². The highest BCUT2D eigenvalue weighted by molar-refractivity contribution is 5.97. The summed E-state index contributed by atoms with van der Waals surface area (Å²) in [5.74, 6) is -0.0514. The minimum absolute atomic E-state index is 0.0257. The molecule has 0 saturated heterocycles. The molecule has 0 atom stereocenters. The summed E-state index contributed by atoms with van der Waals surface area (Å²) in [6.07, 6.45) is 7.58. The molecule has 0 bridgehead atoms. The lowest BCUT2D eigenvalue weighted by atomic mass is 10.00. The number of carbonyl (C=O) groups is 2. The van der Waals surface area contributed by atoms with Crippen molar-refractivity contribution in [1.82, 2.24) is 15.0 Å². The SMILES string of the molecule is Cc1cccnc1C(=O)CCCC(=O)c1ncccc1CCc1ccccn1. The zero-order chi connectivity index (χ0) is 19.8. The zero-order valence-electron chi connectivity index (χ0n) is 16.0. The molecule has 3 rings (SSSR count). The summed E-state index contributed by atoms with van der Waals surface area (Å²) in [5.41, 5.74) is 3.76. The molecule has 0 aliphatic carbocycles. The molecular formula is C23H23N3O2. The Kier molecular flexibility index (Phi) is 6.73. The van der Waals surface area contributed by atoms with Gasteiger partial charge in [-0.05, 0) is 61.6 Å². The number of pyridine rings is 3. The van der Waals surface area contributed by atoms with Crippen molar-refractivity contribution in [3.63, 3.8) is 0 Å². The van der Waals surface area contributed by atoms with E-state index in [-0.39, 0.29) is 11.6 Å². The van der Waals surface area contributed by atoms with E-state index in [1.54, 1.807) is 18.6 Å². The fourth-order valence-electron chi connectivity index (χ4n) is 3.12. The van der Waals surface area contributed by atoms with Crippen LogP contribution in [-0.2, 0) is 12.8 Å². The Bertz CT molecular complexity index is 955. The van der Waals surface area contributed by atoms with E-state index in [0.29, 0.717) is 37.1 Å². The number of rotatable bonds is 9. The van der Waals surface area contributed by atoms with Crippen LogP contribution in [-0.4, -0.2) is 26.5 Å². The summed E-state index contributed by atoms with van der Waals surface area (Å²) in [4.78, 5) is 37.7. The average molecular weight is 373 g/mol. The molecule has 0 amide bonds. The van der Waals surface area contributed by atoms with Crippen LogP contribution in [0.5, 0.6) is 0 Å². The topological polar surface area (TPSA) is 72.8 Å². The molecule has 28 heavy (non-hydrogen) atoms. The number of carbonyl (C=O) groups excluding carboxylic acids is 2. The molecule has 0 radical (unpaired) electrons. The summed E-state index contributed by atoms with van der Waals surface area (Å²) in [5, 5.41) is 0. The van der Waals surface area contributed by atoms with Gasteiger partial charge in [0.15, 0.2) is 11.6 Å². The Hall–Kier alpha value is -3.21. The number of aromatic nitrogens is 3. The largest absolute Gasteiger partial charge is 0.292 e. The molecule has 3 heterocycles. The van der Waals surface area contributed by atoms with Crippen molar-refractivity contribution in [2.45, 2.75) is 39.0 Å². The second-order valence-electron chi connectivity index (χ2n) is 6.70. The molecular weight excluding hydrogens is 350 g/mol. The van der Waals surface area contributed by atoms with Crippen LogP contribution in [0.3, 0.4) is 0 Å². The van der Waals surface area contributed by atoms with Crippen LogP contribution in [0.2, 0.25) is 0 Å². The first-order valence-corrected chi connectivity index (χ1v) is 9.47. The van der Waals surface area contributed by atoms with Gasteiger partial charge in [-0.1, -0.05) is 18.2 Å². The fourth-order valence-corrected chi connectivity index (χ4v) is 3.12. The molecule has 5 nitrogen and oxygen atoms in total. The highest BCUT2D eigenvalue weighted by Gasteiger charge is 2.15. The first kappa shape index (κ1) is 19.5. The van der Waals surface area contributed by atoms with Crippen LogP contribution in [0.4, 0.5) is 0 Å². The van der Waals surface area contributed by atoms with Gasteiger partial charge < -0.3 is 0 Å². The van der Waals surface area contributed by atoms with Gasteiger partial charge in [0.25, 0.3) is 0 Å². The monoisotopic (exact) mass is 373 g/mol. The van der Waals surface area contributed by atoms with E-state index < -0.39 is 0 Å². The van der Waals surface area contributed by atoms with Gasteiger partial charge in [-0.25, -0.2) is 0 Å². The Labute approximate surface area is 164 Å². The van der Waals surface area contributed by atoms with Crippen molar-refractivity contribution in [2.75, 3.05) is 0 Å². The van der Waals surface area contributed by atoms with E-state index in [2.05, 4.69) is 15.0 Å². The molecule has 0 spiro atoms. The number of nitrogens with zero attached hydrogens (tertiary/aromatic N) is 3. The Morgan fingerprint density at radius 1 is 0.750 bits per heavy atom. The van der Waals surface area contributed by atoms with Gasteiger partial charge in [-0.3, -0.25) is 24.5 Å². The van der Waals surface area contributed by atoms with Crippen molar-refractivity contribution in [1.29, 1.82) is 0 Å². The molecule has 0 saturated carbocycles. The summed E-state index contributed by atoms with van der Waals surface area (Å²) < 4.78 is 0. The van der Waals surface area contributed by atoms with Gasteiger partial charge in [0.2, 0.25) is 0 Å². The second kappa shape index (κ2) is 9.65. The van der Waals surface area contributed by atoms with E-state index in [0.717, 1.165) is 23.2 Å². The van der Waals surface area contributed by atoms with Crippen molar-refractivity contribution in [3.8, 4) is 0 Å². The van der Waals surface area contributed by atoms with Gasteiger partial charge in [-0.2, -0.15) is 0 Å². The standard InChI is InChI=1S/C23H23N3O2/c1-17-7-5-15-25-22(17)20(27)10-4-11-21(28)23-18(8-6-16-26-23)12-13-19-9-2-3-14-24-19/h2-3,5-9,14-16H,4,10-13H2,1H3. The lowest BCUT2D eigenvalue weighted by molar-refractivity contribution is 0.0951. The zero-order valence-corrected chi connectivity index (χ0v) is 16.0. The number of Topliss-reactive ketones (excluding diaryl/α,β-unsaturated/α-hetero) is 2. The molecule has 3 aromatic heterocycles. The van der Waals surface area contributed by atoms with Gasteiger partial charge in [0.05, 0.1) is 0 Å². The summed E-state index contributed by atoms with van der Waals surface area (Å²) in [6, 6.07) is 13.3. The van der Waals surface area contributed by atoms with E-state index in [1.807, 2.05) is 49.4 Å². The number of aryl methyl sites for hydroxylation is 3. The maximum absolute atomic E-state index is 12.7. The molecule has 0 aliphatic rings. The van der Waals surface area contributed by atoms with Gasteiger partial charge in [0.1, 0.15) is 11.4 Å². The lowest BCUT2D eigenvalue weighted by Crippen LogP contribution is -2.10. The number of hydrogen-bond donors (Lipinski definition) is 0. The van der Waals surface area contributed by atoms with Crippen LogP contribution < -0.4 is 0 Å². The smallest absolute Gasteiger partial charge is 0.181 e. The molecule has 5 heteroatoms. The third-order valence-corrected chi connectivity index (χ3v) is 4.61. The van der Waals surface area contributed by atoms with E-state index >= 15 is 0 Å². The van der Waals surface area contributed by atoms with Gasteiger partial charge >= 0.3 is 0 Å². The molecule has 0 N–H and O–H groups in total. The summed E-state index contributed by atoms with van der Waals surface area (Å²) >= 11 is 0. The van der Waals surface area contributed by atoms with E-state index in [9.17, 15) is 9.59 Å². The maximum Gasteiger partial charge on any atom is 0.181 e. The molecule has 142 valence electrons. The highest BCUT2D eigenvalue weighted by Crippen LogP contribution is 2.15. The average Bonchev–Trinajstić information content (AvgIpc) is 2.73. The van der Waals surface area contributed by atoms with Gasteiger partial charge in [-0.15, -0.1) is 0 Å². The summed E-state index contributed by atoms with van der Waals surface area (Å²) in [7, 11) is 0. The van der Waals surface area contributed by atoms with Crippen molar-refractivity contribution in [2.24, 2.45) is 0 Å². The third kappa shape index (κ3) is 5.16.